The summed E-state index contributed by atoms with van der Waals surface area (Å²) in [6.07, 6.45) is 1.90. The van der Waals surface area contributed by atoms with Crippen molar-refractivity contribution in [2.24, 2.45) is 5.92 Å². The average molecular weight is 348 g/mol. The Balaban J connectivity index is 1.78. The fourth-order valence-corrected chi connectivity index (χ4v) is 5.54. The molecule has 2 aromatic rings. The van der Waals surface area contributed by atoms with Gasteiger partial charge in [0.2, 0.25) is 0 Å². The van der Waals surface area contributed by atoms with E-state index in [0.29, 0.717) is 0 Å². The zero-order chi connectivity index (χ0) is 17.9. The number of carbonyl (C=O) groups is 2. The van der Waals surface area contributed by atoms with E-state index in [1.807, 2.05) is 54.6 Å². The number of benzene rings is 2. The molecule has 0 aliphatic carbocycles. The average Bonchev–Trinajstić information content (AvgIpc) is 3.29. The molecule has 2 aromatic carbocycles. The number of aliphatic carboxylic acids is 1. The molecule has 0 unspecified atom stereocenters. The van der Waals surface area contributed by atoms with Crippen LogP contribution in [0.25, 0.3) is 0 Å². The number of nitrogens with zero attached hydrogens (tertiary/aromatic N) is 1. The molecule has 4 atom stereocenters. The van der Waals surface area contributed by atoms with Gasteiger partial charge in [-0.2, -0.15) is 0 Å². The highest BCUT2D eigenvalue weighted by atomic mass is 16.4. The van der Waals surface area contributed by atoms with Crippen molar-refractivity contribution in [1.82, 2.24) is 4.90 Å². The zero-order valence-corrected chi connectivity index (χ0v) is 14.3. The second-order valence-electron chi connectivity index (χ2n) is 7.42. The molecule has 0 radical (unpaired) electrons. The third-order valence-electron chi connectivity index (χ3n) is 6.36. The second kappa shape index (κ2) is 5.42. The Morgan fingerprint density at radius 2 is 1.85 bits per heavy atom. The Bertz CT molecular complexity index is 897. The third kappa shape index (κ3) is 1.78. The predicted octanol–water partition coefficient (Wildman–Crippen LogP) is 2.80. The van der Waals surface area contributed by atoms with E-state index >= 15 is 0 Å². The molecule has 0 aromatic heterocycles. The van der Waals surface area contributed by atoms with Crippen molar-refractivity contribution in [3.63, 3.8) is 0 Å². The summed E-state index contributed by atoms with van der Waals surface area (Å²) >= 11 is 0. The summed E-state index contributed by atoms with van der Waals surface area (Å²) in [5, 5.41) is 13.2. The fraction of sp³-hybridized carbons (Fsp3) is 0.333. The smallest absolute Gasteiger partial charge is 0.309 e. The van der Waals surface area contributed by atoms with Crippen molar-refractivity contribution >= 4 is 17.6 Å². The van der Waals surface area contributed by atoms with Gasteiger partial charge in [0.25, 0.3) is 5.91 Å². The Kier molecular flexibility index (Phi) is 3.25. The first-order chi connectivity index (χ1) is 12.7. The molecule has 3 heterocycles. The fourth-order valence-electron chi connectivity index (χ4n) is 5.54. The molecule has 2 N–H and O–H groups in total. The van der Waals surface area contributed by atoms with Gasteiger partial charge in [0.05, 0.1) is 5.92 Å². The summed E-state index contributed by atoms with van der Waals surface area (Å²) in [6.45, 7) is 0.750. The van der Waals surface area contributed by atoms with Gasteiger partial charge in [-0.25, -0.2) is 0 Å². The van der Waals surface area contributed by atoms with E-state index in [1.165, 1.54) is 0 Å². The number of para-hydroxylation sites is 1. The Hall–Kier alpha value is -2.66. The number of hydrogen-bond acceptors (Lipinski definition) is 3. The number of anilines is 1. The molecule has 5 heteroatoms. The van der Waals surface area contributed by atoms with Crippen molar-refractivity contribution in [2.75, 3.05) is 11.9 Å². The molecule has 1 spiro atoms. The molecule has 26 heavy (non-hydrogen) atoms. The van der Waals surface area contributed by atoms with Crippen LogP contribution in [0.3, 0.4) is 0 Å². The van der Waals surface area contributed by atoms with E-state index in [9.17, 15) is 14.7 Å². The van der Waals surface area contributed by atoms with Crippen LogP contribution >= 0.6 is 0 Å². The number of fused-ring (bicyclic) bond motifs is 4. The van der Waals surface area contributed by atoms with Crippen LogP contribution in [0.5, 0.6) is 0 Å². The zero-order valence-electron chi connectivity index (χ0n) is 14.3. The normalized spacial score (nSPS) is 32.5. The minimum absolute atomic E-state index is 0.0652. The van der Waals surface area contributed by atoms with Gasteiger partial charge in [0.15, 0.2) is 0 Å². The van der Waals surface area contributed by atoms with Gasteiger partial charge in [-0.1, -0.05) is 48.5 Å². The second-order valence-corrected chi connectivity index (χ2v) is 7.42. The summed E-state index contributed by atoms with van der Waals surface area (Å²) in [5.74, 6) is -2.11. The van der Waals surface area contributed by atoms with Crippen molar-refractivity contribution in [3.05, 3.63) is 65.7 Å². The summed E-state index contributed by atoms with van der Waals surface area (Å²) in [4.78, 5) is 28.0. The molecule has 0 bridgehead atoms. The highest BCUT2D eigenvalue weighted by Crippen LogP contribution is 2.60. The third-order valence-corrected chi connectivity index (χ3v) is 6.36. The highest BCUT2D eigenvalue weighted by molar-refractivity contribution is 6.09. The Morgan fingerprint density at radius 3 is 2.62 bits per heavy atom. The lowest BCUT2D eigenvalue weighted by Crippen LogP contribution is -2.52. The van der Waals surface area contributed by atoms with Crippen molar-refractivity contribution in [3.8, 4) is 0 Å². The summed E-state index contributed by atoms with van der Waals surface area (Å²) in [5.41, 5.74) is 1.43. The van der Waals surface area contributed by atoms with Gasteiger partial charge in [-0.05, 0) is 31.0 Å². The van der Waals surface area contributed by atoms with E-state index in [2.05, 4.69) is 10.2 Å². The van der Waals surface area contributed by atoms with Crippen LogP contribution in [-0.4, -0.2) is 34.5 Å². The number of carboxylic acid groups (broad SMARTS) is 1. The number of rotatable bonds is 2. The quantitative estimate of drug-likeness (QED) is 0.876. The van der Waals surface area contributed by atoms with Crippen molar-refractivity contribution < 1.29 is 14.7 Å². The Labute approximate surface area is 151 Å². The topological polar surface area (TPSA) is 69.6 Å². The van der Waals surface area contributed by atoms with E-state index in [-0.39, 0.29) is 17.9 Å². The van der Waals surface area contributed by atoms with Crippen LogP contribution < -0.4 is 5.32 Å². The molecule has 2 saturated heterocycles. The maximum Gasteiger partial charge on any atom is 0.309 e. The summed E-state index contributed by atoms with van der Waals surface area (Å²) in [7, 11) is 0. The molecule has 3 aliphatic rings. The molecular weight excluding hydrogens is 328 g/mol. The summed E-state index contributed by atoms with van der Waals surface area (Å²) < 4.78 is 0. The van der Waals surface area contributed by atoms with Crippen molar-refractivity contribution in [2.45, 2.75) is 30.3 Å². The SMILES string of the molecule is O=C(O)[C@@H]1[C@H](c2ccccc2)[C@H]2CCCN2[C@]12C(=O)Nc1ccccc12. The first-order valence-corrected chi connectivity index (χ1v) is 9.11. The number of hydrogen-bond donors (Lipinski definition) is 2. The lowest BCUT2D eigenvalue weighted by molar-refractivity contribution is -0.150. The van der Waals surface area contributed by atoms with Crippen LogP contribution in [0.2, 0.25) is 0 Å². The molecular formula is C21H20N2O3. The lowest BCUT2D eigenvalue weighted by atomic mass is 9.72. The molecule has 2 fully saturated rings. The van der Waals surface area contributed by atoms with E-state index in [1.54, 1.807) is 0 Å². The molecule has 5 rings (SSSR count). The molecule has 1 amide bonds. The van der Waals surface area contributed by atoms with Gasteiger partial charge in [0.1, 0.15) is 5.54 Å². The van der Waals surface area contributed by atoms with Crippen LogP contribution in [0.15, 0.2) is 54.6 Å². The van der Waals surface area contributed by atoms with Gasteiger partial charge >= 0.3 is 5.97 Å². The molecule has 132 valence electrons. The lowest BCUT2D eigenvalue weighted by Gasteiger charge is -2.35. The van der Waals surface area contributed by atoms with Crippen LogP contribution in [0.4, 0.5) is 5.69 Å². The van der Waals surface area contributed by atoms with Crippen LogP contribution in [0, 0.1) is 5.92 Å². The van der Waals surface area contributed by atoms with Crippen LogP contribution in [-0.2, 0) is 15.1 Å². The largest absolute Gasteiger partial charge is 0.481 e. The van der Waals surface area contributed by atoms with Crippen molar-refractivity contribution in [1.29, 1.82) is 0 Å². The highest BCUT2D eigenvalue weighted by Gasteiger charge is 2.69. The minimum Gasteiger partial charge on any atom is -0.481 e. The van der Waals surface area contributed by atoms with Gasteiger partial charge in [-0.3, -0.25) is 14.5 Å². The maximum atomic E-state index is 13.3. The number of amides is 1. The number of carbonyl (C=O) groups excluding carboxylic acids is 1. The number of carboxylic acids is 1. The van der Waals surface area contributed by atoms with Gasteiger partial charge in [-0.15, -0.1) is 0 Å². The van der Waals surface area contributed by atoms with Crippen LogP contribution in [0.1, 0.15) is 29.9 Å². The molecule has 5 nitrogen and oxygen atoms in total. The number of nitrogens with one attached hydrogen (secondary N) is 1. The standard InChI is InChI=1S/C21H20N2O3/c24-19(25)18-17(13-7-2-1-3-8-13)16-11-6-12-23(16)21(18)14-9-4-5-10-15(14)22-20(21)26/h1-5,7-10,16-18H,6,11-12H2,(H,22,26)(H,24,25)/t16-,17-,18+,21+/m1/s1. The first kappa shape index (κ1) is 15.6. The molecule has 0 saturated carbocycles. The van der Waals surface area contributed by atoms with E-state index in [4.69, 9.17) is 0 Å². The Morgan fingerprint density at radius 1 is 1.12 bits per heavy atom. The molecule has 3 aliphatic heterocycles. The minimum atomic E-state index is -1.12. The first-order valence-electron chi connectivity index (χ1n) is 9.11. The van der Waals surface area contributed by atoms with E-state index < -0.39 is 17.4 Å². The van der Waals surface area contributed by atoms with Gasteiger partial charge < -0.3 is 10.4 Å². The monoisotopic (exact) mass is 348 g/mol. The predicted molar refractivity (Wildman–Crippen MR) is 96.8 cm³/mol. The van der Waals surface area contributed by atoms with E-state index in [0.717, 1.165) is 36.2 Å². The maximum absolute atomic E-state index is 13.3. The summed E-state index contributed by atoms with van der Waals surface area (Å²) in [6, 6.07) is 17.4. The van der Waals surface area contributed by atoms with Gasteiger partial charge in [0, 0.05) is 23.2 Å².